The second-order valence-corrected chi connectivity index (χ2v) is 9.01. The summed E-state index contributed by atoms with van der Waals surface area (Å²) in [5, 5.41) is 0. The SMILES string of the molecule is C[C@H]1CCc2sc(C(=O)NNC(=O)CCN3C(=O)[C@@H](C)Oc4ccccc43)cc2C1. The minimum Gasteiger partial charge on any atom is -0.479 e. The minimum atomic E-state index is -0.602. The van der Waals surface area contributed by atoms with Gasteiger partial charge in [0.05, 0.1) is 10.6 Å². The molecule has 158 valence electrons. The standard InChI is InChI=1S/C22H25N3O4S/c1-13-7-8-18-15(11-13)12-19(30-18)21(27)24-23-20(26)9-10-25-16-5-3-4-6-17(16)29-14(2)22(25)28/h3-6,12-14H,7-11H2,1-2H3,(H,23,26)(H,24,27)/t13-,14+/m0/s1. The van der Waals surface area contributed by atoms with Gasteiger partial charge in [-0.25, -0.2) is 0 Å². The van der Waals surface area contributed by atoms with Crippen LogP contribution in [0.1, 0.15) is 46.8 Å². The Kier molecular flexibility index (Phi) is 5.76. The number of hydrogen-bond acceptors (Lipinski definition) is 5. The molecule has 3 amide bonds. The van der Waals surface area contributed by atoms with E-state index in [0.29, 0.717) is 22.2 Å². The molecule has 1 aromatic carbocycles. The number of nitrogens with zero attached hydrogens (tertiary/aromatic N) is 1. The molecule has 0 radical (unpaired) electrons. The number of thiophene rings is 1. The minimum absolute atomic E-state index is 0.0610. The predicted octanol–water partition coefficient (Wildman–Crippen LogP) is 2.84. The number of para-hydroxylation sites is 2. The Balaban J connectivity index is 1.31. The molecule has 1 aliphatic heterocycles. The van der Waals surface area contributed by atoms with E-state index in [0.717, 1.165) is 19.3 Å². The maximum absolute atomic E-state index is 12.5. The topological polar surface area (TPSA) is 87.7 Å². The second-order valence-electron chi connectivity index (χ2n) is 7.88. The third-order valence-corrected chi connectivity index (χ3v) is 6.74. The fourth-order valence-corrected chi connectivity index (χ4v) is 4.97. The van der Waals surface area contributed by atoms with Gasteiger partial charge in [0.1, 0.15) is 5.75 Å². The van der Waals surface area contributed by atoms with Crippen LogP contribution in [-0.4, -0.2) is 30.4 Å². The lowest BCUT2D eigenvalue weighted by atomic mass is 9.90. The molecule has 0 saturated heterocycles. The number of benzene rings is 1. The Hall–Kier alpha value is -2.87. The maximum Gasteiger partial charge on any atom is 0.279 e. The van der Waals surface area contributed by atoms with E-state index in [9.17, 15) is 14.4 Å². The van der Waals surface area contributed by atoms with Crippen molar-refractivity contribution in [2.24, 2.45) is 5.92 Å². The van der Waals surface area contributed by atoms with Crippen molar-refractivity contribution < 1.29 is 19.1 Å². The number of aryl methyl sites for hydroxylation is 1. The molecule has 8 heteroatoms. The van der Waals surface area contributed by atoms with E-state index in [1.807, 2.05) is 18.2 Å². The van der Waals surface area contributed by atoms with Gasteiger partial charge in [-0.3, -0.25) is 25.2 Å². The lowest BCUT2D eigenvalue weighted by Gasteiger charge is -2.32. The van der Waals surface area contributed by atoms with E-state index in [1.54, 1.807) is 24.0 Å². The van der Waals surface area contributed by atoms with Crippen LogP contribution in [0.3, 0.4) is 0 Å². The number of anilines is 1. The third kappa shape index (κ3) is 4.18. The number of hydrazine groups is 1. The van der Waals surface area contributed by atoms with Crippen molar-refractivity contribution in [2.45, 2.75) is 45.6 Å². The van der Waals surface area contributed by atoms with E-state index < -0.39 is 6.10 Å². The molecule has 0 spiro atoms. The van der Waals surface area contributed by atoms with Crippen LogP contribution in [0.25, 0.3) is 0 Å². The summed E-state index contributed by atoms with van der Waals surface area (Å²) < 4.78 is 5.60. The maximum atomic E-state index is 12.5. The molecule has 0 unspecified atom stereocenters. The second kappa shape index (κ2) is 8.47. The first-order chi connectivity index (χ1) is 14.4. The van der Waals surface area contributed by atoms with Crippen molar-refractivity contribution in [1.82, 2.24) is 10.9 Å². The number of hydrogen-bond donors (Lipinski definition) is 2. The summed E-state index contributed by atoms with van der Waals surface area (Å²) in [5.74, 6) is 0.399. The molecular formula is C22H25N3O4S. The molecule has 0 saturated carbocycles. The summed E-state index contributed by atoms with van der Waals surface area (Å²) in [5.41, 5.74) is 6.84. The normalized spacial score (nSPS) is 20.1. The molecule has 7 nitrogen and oxygen atoms in total. The predicted molar refractivity (Wildman–Crippen MR) is 115 cm³/mol. The summed E-state index contributed by atoms with van der Waals surface area (Å²) in [4.78, 5) is 40.6. The lowest BCUT2D eigenvalue weighted by molar-refractivity contribution is -0.125. The highest BCUT2D eigenvalue weighted by Gasteiger charge is 2.31. The zero-order valence-electron chi connectivity index (χ0n) is 17.1. The van der Waals surface area contributed by atoms with E-state index >= 15 is 0 Å². The molecule has 2 aliphatic rings. The van der Waals surface area contributed by atoms with Crippen LogP contribution in [-0.2, 0) is 22.4 Å². The van der Waals surface area contributed by atoms with Gasteiger partial charge in [0, 0.05) is 17.8 Å². The van der Waals surface area contributed by atoms with Gasteiger partial charge in [-0.1, -0.05) is 19.1 Å². The Morgan fingerprint density at radius 1 is 1.23 bits per heavy atom. The van der Waals surface area contributed by atoms with Gasteiger partial charge in [0.25, 0.3) is 11.8 Å². The quantitative estimate of drug-likeness (QED) is 0.735. The summed E-state index contributed by atoms with van der Waals surface area (Å²) in [6.07, 6.45) is 2.61. The largest absolute Gasteiger partial charge is 0.479 e. The van der Waals surface area contributed by atoms with E-state index in [4.69, 9.17) is 4.74 Å². The molecule has 1 aromatic heterocycles. The summed E-state index contributed by atoms with van der Waals surface area (Å²) in [6, 6.07) is 9.18. The first-order valence-corrected chi connectivity index (χ1v) is 11.0. The van der Waals surface area contributed by atoms with E-state index in [1.165, 1.54) is 21.8 Å². The van der Waals surface area contributed by atoms with Crippen LogP contribution in [0, 0.1) is 5.92 Å². The molecule has 2 atom stereocenters. The zero-order valence-corrected chi connectivity index (χ0v) is 17.9. The molecule has 2 heterocycles. The average Bonchev–Trinajstić information content (AvgIpc) is 3.15. The highest BCUT2D eigenvalue weighted by molar-refractivity contribution is 7.14. The van der Waals surface area contributed by atoms with Crippen molar-refractivity contribution in [3.63, 3.8) is 0 Å². The van der Waals surface area contributed by atoms with Gasteiger partial charge >= 0.3 is 0 Å². The number of nitrogens with one attached hydrogen (secondary N) is 2. The van der Waals surface area contributed by atoms with Crippen molar-refractivity contribution in [2.75, 3.05) is 11.4 Å². The Labute approximate surface area is 179 Å². The first-order valence-electron chi connectivity index (χ1n) is 10.2. The van der Waals surface area contributed by atoms with Gasteiger partial charge in [-0.05, 0) is 55.9 Å². The van der Waals surface area contributed by atoms with Gasteiger partial charge in [0.2, 0.25) is 5.91 Å². The molecule has 0 fully saturated rings. The van der Waals surface area contributed by atoms with Crippen molar-refractivity contribution in [3.8, 4) is 5.75 Å². The number of rotatable bonds is 4. The van der Waals surface area contributed by atoms with Crippen LogP contribution >= 0.6 is 11.3 Å². The first kappa shape index (κ1) is 20.4. The number of fused-ring (bicyclic) bond motifs is 2. The average molecular weight is 428 g/mol. The fourth-order valence-electron chi connectivity index (χ4n) is 3.87. The van der Waals surface area contributed by atoms with Crippen molar-refractivity contribution >= 4 is 34.7 Å². The number of carbonyl (C=O) groups is 3. The van der Waals surface area contributed by atoms with Crippen molar-refractivity contribution in [1.29, 1.82) is 0 Å². The monoisotopic (exact) mass is 427 g/mol. The highest BCUT2D eigenvalue weighted by atomic mass is 32.1. The van der Waals surface area contributed by atoms with Gasteiger partial charge in [0.15, 0.2) is 6.10 Å². The van der Waals surface area contributed by atoms with Crippen LogP contribution < -0.4 is 20.5 Å². The summed E-state index contributed by atoms with van der Waals surface area (Å²) in [7, 11) is 0. The Morgan fingerprint density at radius 2 is 2.03 bits per heavy atom. The van der Waals surface area contributed by atoms with Crippen LogP contribution in [0.2, 0.25) is 0 Å². The van der Waals surface area contributed by atoms with Gasteiger partial charge < -0.3 is 9.64 Å². The lowest BCUT2D eigenvalue weighted by Crippen LogP contribution is -2.47. The molecule has 4 rings (SSSR count). The summed E-state index contributed by atoms with van der Waals surface area (Å²) in [6.45, 7) is 4.11. The molecule has 2 aromatic rings. The third-order valence-electron chi connectivity index (χ3n) is 5.50. The molecule has 0 bridgehead atoms. The fraction of sp³-hybridized carbons (Fsp3) is 0.409. The number of ether oxygens (including phenoxy) is 1. The van der Waals surface area contributed by atoms with Crippen molar-refractivity contribution in [3.05, 3.63) is 45.6 Å². The molecular weight excluding hydrogens is 402 g/mol. The van der Waals surface area contributed by atoms with E-state index in [-0.39, 0.29) is 30.7 Å². The number of carbonyl (C=O) groups excluding carboxylic acids is 3. The van der Waals surface area contributed by atoms with Crippen LogP contribution in [0.15, 0.2) is 30.3 Å². The van der Waals surface area contributed by atoms with Gasteiger partial charge in [-0.15, -0.1) is 11.3 Å². The van der Waals surface area contributed by atoms with Crippen LogP contribution in [0.5, 0.6) is 5.75 Å². The Bertz CT molecular complexity index is 987. The zero-order chi connectivity index (χ0) is 21.3. The molecule has 2 N–H and O–H groups in total. The number of amides is 3. The molecule has 1 aliphatic carbocycles. The van der Waals surface area contributed by atoms with E-state index in [2.05, 4.69) is 17.8 Å². The highest BCUT2D eigenvalue weighted by Crippen LogP contribution is 2.34. The summed E-state index contributed by atoms with van der Waals surface area (Å²) >= 11 is 1.50. The smallest absolute Gasteiger partial charge is 0.279 e. The Morgan fingerprint density at radius 3 is 2.87 bits per heavy atom. The molecule has 30 heavy (non-hydrogen) atoms. The van der Waals surface area contributed by atoms with Crippen LogP contribution in [0.4, 0.5) is 5.69 Å². The van der Waals surface area contributed by atoms with Gasteiger partial charge in [-0.2, -0.15) is 0 Å².